The van der Waals surface area contributed by atoms with E-state index < -0.39 is 14.8 Å². The van der Waals surface area contributed by atoms with Gasteiger partial charge in [-0.25, -0.2) is 8.42 Å². The predicted molar refractivity (Wildman–Crippen MR) is 67.5 cm³/mol. The number of hydrogen-bond donors (Lipinski definition) is 1. The minimum atomic E-state index is -3.39. The summed E-state index contributed by atoms with van der Waals surface area (Å²) in [4.78, 5) is 10.2. The standard InChI is InChI=1S/C9H14N2O4S2/c1-3-4-5-10-9-7(11(12)13)6-8(16-9)17(2,14)15/h6,10H,3-5H2,1-2H3. The highest BCUT2D eigenvalue weighted by Crippen LogP contribution is 2.36. The Balaban J connectivity index is 3.02. The maximum absolute atomic E-state index is 11.3. The molecule has 1 heterocycles. The minimum absolute atomic E-state index is 0.0169. The molecule has 0 aliphatic heterocycles. The van der Waals surface area contributed by atoms with Crippen LogP contribution in [0.2, 0.25) is 0 Å². The number of sulfone groups is 1. The molecule has 0 atom stereocenters. The predicted octanol–water partition coefficient (Wildman–Crippen LogP) is 2.27. The van der Waals surface area contributed by atoms with Gasteiger partial charge in [0.1, 0.15) is 4.21 Å². The number of nitro groups is 1. The number of unbranched alkanes of at least 4 members (excludes halogenated alkanes) is 1. The first kappa shape index (κ1) is 13.9. The molecule has 1 aromatic heterocycles. The third-order valence-electron chi connectivity index (χ3n) is 2.07. The second-order valence-corrected chi connectivity index (χ2v) is 6.88. The van der Waals surface area contributed by atoms with Crippen molar-refractivity contribution in [3.63, 3.8) is 0 Å². The first-order valence-corrected chi connectivity index (χ1v) is 7.79. The van der Waals surface area contributed by atoms with Crippen molar-refractivity contribution in [2.45, 2.75) is 24.0 Å². The van der Waals surface area contributed by atoms with Crippen molar-refractivity contribution in [2.75, 3.05) is 18.1 Å². The van der Waals surface area contributed by atoms with Gasteiger partial charge in [0.05, 0.1) is 4.92 Å². The lowest BCUT2D eigenvalue weighted by molar-refractivity contribution is -0.383. The molecule has 0 fully saturated rings. The third kappa shape index (κ3) is 3.67. The molecule has 0 aliphatic rings. The number of nitrogens with zero attached hydrogens (tertiary/aromatic N) is 1. The molecule has 0 bridgehead atoms. The van der Waals surface area contributed by atoms with E-state index in [9.17, 15) is 18.5 Å². The number of nitrogens with one attached hydrogen (secondary N) is 1. The SMILES string of the molecule is CCCCNc1sc(S(C)(=O)=O)cc1[N+](=O)[O-]. The molecule has 0 radical (unpaired) electrons. The maximum atomic E-state index is 11.3. The van der Waals surface area contributed by atoms with E-state index in [1.807, 2.05) is 6.92 Å². The summed E-state index contributed by atoms with van der Waals surface area (Å²) in [5, 5.41) is 14.0. The average molecular weight is 278 g/mol. The largest absolute Gasteiger partial charge is 0.371 e. The van der Waals surface area contributed by atoms with E-state index in [-0.39, 0.29) is 9.90 Å². The van der Waals surface area contributed by atoms with E-state index >= 15 is 0 Å². The van der Waals surface area contributed by atoms with Gasteiger partial charge in [-0.05, 0) is 6.42 Å². The van der Waals surface area contributed by atoms with E-state index in [2.05, 4.69) is 5.32 Å². The summed E-state index contributed by atoms with van der Waals surface area (Å²) in [6.45, 7) is 2.60. The summed E-state index contributed by atoms with van der Waals surface area (Å²) in [5.74, 6) is 0. The molecule has 0 spiro atoms. The lowest BCUT2D eigenvalue weighted by Gasteiger charge is -2.00. The number of hydrogen-bond acceptors (Lipinski definition) is 6. The van der Waals surface area contributed by atoms with Crippen molar-refractivity contribution in [1.29, 1.82) is 0 Å². The van der Waals surface area contributed by atoms with Crippen LogP contribution in [0.3, 0.4) is 0 Å². The Bertz CT molecular complexity index is 507. The normalized spacial score (nSPS) is 11.4. The number of rotatable bonds is 6. The summed E-state index contributed by atoms with van der Waals surface area (Å²) in [6, 6.07) is 1.11. The lowest BCUT2D eigenvalue weighted by Crippen LogP contribution is -2.01. The second-order valence-electron chi connectivity index (χ2n) is 3.59. The van der Waals surface area contributed by atoms with Crippen LogP contribution < -0.4 is 5.32 Å². The molecular formula is C9H14N2O4S2. The van der Waals surface area contributed by atoms with E-state index in [0.717, 1.165) is 36.5 Å². The van der Waals surface area contributed by atoms with Gasteiger partial charge in [-0.2, -0.15) is 0 Å². The van der Waals surface area contributed by atoms with Crippen molar-refractivity contribution in [2.24, 2.45) is 0 Å². The molecule has 17 heavy (non-hydrogen) atoms. The zero-order valence-electron chi connectivity index (χ0n) is 9.60. The van der Waals surface area contributed by atoms with E-state index in [1.165, 1.54) is 0 Å². The van der Waals surface area contributed by atoms with Crippen LogP contribution in [-0.2, 0) is 9.84 Å². The van der Waals surface area contributed by atoms with Crippen LogP contribution in [0.5, 0.6) is 0 Å². The summed E-state index contributed by atoms with van der Waals surface area (Å²) in [6.07, 6.45) is 2.88. The van der Waals surface area contributed by atoms with Crippen molar-refractivity contribution in [3.8, 4) is 0 Å². The van der Waals surface area contributed by atoms with Gasteiger partial charge in [0.2, 0.25) is 0 Å². The van der Waals surface area contributed by atoms with E-state index in [4.69, 9.17) is 0 Å². The molecule has 6 nitrogen and oxygen atoms in total. The highest BCUT2D eigenvalue weighted by atomic mass is 32.2. The van der Waals surface area contributed by atoms with Crippen LogP contribution >= 0.6 is 11.3 Å². The Labute approximate surface area is 104 Å². The average Bonchev–Trinajstić information content (AvgIpc) is 2.61. The summed E-state index contributed by atoms with van der Waals surface area (Å²) in [5.41, 5.74) is -0.175. The molecule has 1 rings (SSSR count). The molecule has 0 aromatic carbocycles. The number of anilines is 1. The highest BCUT2D eigenvalue weighted by Gasteiger charge is 2.23. The zero-order chi connectivity index (χ0) is 13.1. The van der Waals surface area contributed by atoms with Gasteiger partial charge in [-0.15, -0.1) is 0 Å². The monoisotopic (exact) mass is 278 g/mol. The van der Waals surface area contributed by atoms with E-state index in [1.54, 1.807) is 0 Å². The lowest BCUT2D eigenvalue weighted by atomic mass is 10.3. The van der Waals surface area contributed by atoms with E-state index in [0.29, 0.717) is 11.5 Å². The summed E-state index contributed by atoms with van der Waals surface area (Å²) >= 11 is 0.904. The molecule has 0 amide bonds. The molecule has 96 valence electrons. The second kappa shape index (κ2) is 5.46. The quantitative estimate of drug-likeness (QED) is 0.490. The van der Waals surface area contributed by atoms with Gasteiger partial charge < -0.3 is 5.32 Å². The van der Waals surface area contributed by atoms with Crippen molar-refractivity contribution in [1.82, 2.24) is 0 Å². The van der Waals surface area contributed by atoms with Gasteiger partial charge in [0, 0.05) is 18.9 Å². The van der Waals surface area contributed by atoms with Crippen LogP contribution in [0, 0.1) is 10.1 Å². The fourth-order valence-corrected chi connectivity index (χ4v) is 3.15. The minimum Gasteiger partial charge on any atom is -0.371 e. The Morgan fingerprint density at radius 1 is 1.53 bits per heavy atom. The first-order valence-electron chi connectivity index (χ1n) is 5.08. The fourth-order valence-electron chi connectivity index (χ4n) is 1.18. The van der Waals surface area contributed by atoms with Crippen molar-refractivity contribution >= 4 is 31.9 Å². The highest BCUT2D eigenvalue weighted by molar-refractivity contribution is 7.92. The van der Waals surface area contributed by atoms with Gasteiger partial charge >= 0.3 is 5.69 Å². The fraction of sp³-hybridized carbons (Fsp3) is 0.556. The maximum Gasteiger partial charge on any atom is 0.304 e. The Kier molecular flexibility index (Phi) is 4.47. The molecule has 8 heteroatoms. The Morgan fingerprint density at radius 2 is 2.18 bits per heavy atom. The van der Waals surface area contributed by atoms with Gasteiger partial charge in [-0.3, -0.25) is 10.1 Å². The zero-order valence-corrected chi connectivity index (χ0v) is 11.2. The Hall–Kier alpha value is -1.15. The van der Waals surface area contributed by atoms with Crippen molar-refractivity contribution < 1.29 is 13.3 Å². The molecule has 0 unspecified atom stereocenters. The smallest absolute Gasteiger partial charge is 0.304 e. The number of thiophene rings is 1. The summed E-state index contributed by atoms with van der Waals surface area (Å²) in [7, 11) is -3.39. The third-order valence-corrected chi connectivity index (χ3v) is 4.95. The molecule has 1 aromatic rings. The van der Waals surface area contributed by atoms with Gasteiger partial charge in [-0.1, -0.05) is 24.7 Å². The van der Waals surface area contributed by atoms with Crippen LogP contribution in [0.15, 0.2) is 10.3 Å². The van der Waals surface area contributed by atoms with Crippen LogP contribution in [0.4, 0.5) is 10.7 Å². The van der Waals surface area contributed by atoms with Gasteiger partial charge in [0.25, 0.3) is 0 Å². The molecule has 1 N–H and O–H groups in total. The molecule has 0 aliphatic carbocycles. The Morgan fingerprint density at radius 3 is 2.65 bits per heavy atom. The summed E-state index contributed by atoms with van der Waals surface area (Å²) < 4.78 is 22.6. The van der Waals surface area contributed by atoms with Crippen molar-refractivity contribution in [3.05, 3.63) is 16.2 Å². The van der Waals surface area contributed by atoms with Crippen LogP contribution in [0.25, 0.3) is 0 Å². The van der Waals surface area contributed by atoms with Crippen LogP contribution in [0.1, 0.15) is 19.8 Å². The molecule has 0 saturated heterocycles. The first-order chi connectivity index (χ1) is 7.86. The molecular weight excluding hydrogens is 264 g/mol. The molecule has 0 saturated carbocycles. The van der Waals surface area contributed by atoms with Crippen LogP contribution in [-0.4, -0.2) is 26.1 Å². The van der Waals surface area contributed by atoms with Gasteiger partial charge in [0.15, 0.2) is 14.8 Å². The topological polar surface area (TPSA) is 89.3 Å².